The molecule has 1 nitrogen and oxygen atoms in total. The van der Waals surface area contributed by atoms with E-state index in [0.717, 1.165) is 5.56 Å². The molecule has 2 heteroatoms. The van der Waals surface area contributed by atoms with Crippen LogP contribution >= 0.6 is 15.9 Å². The Morgan fingerprint density at radius 1 is 1.56 bits per heavy atom. The molecular weight excluding hydrogens is 178 g/mol. The largest absolute Gasteiger partial charge is 0.264 e. The first-order valence-electron chi connectivity index (χ1n) is 2.60. The number of rotatable bonds is 1. The molecule has 1 aromatic heterocycles. The lowest BCUT2D eigenvalue weighted by molar-refractivity contribution is 1.32. The smallest absolute Gasteiger partial charge is 0.0340 e. The van der Waals surface area contributed by atoms with Crippen molar-refractivity contribution in [1.82, 2.24) is 4.98 Å². The van der Waals surface area contributed by atoms with Gasteiger partial charge in [-0.2, -0.15) is 0 Å². The van der Waals surface area contributed by atoms with Crippen LogP contribution in [0.25, 0.3) is 6.08 Å². The zero-order valence-corrected chi connectivity index (χ0v) is 6.38. The number of aromatic nitrogens is 1. The fourth-order valence-electron chi connectivity index (χ4n) is 0.547. The van der Waals surface area contributed by atoms with E-state index < -0.39 is 0 Å². The van der Waals surface area contributed by atoms with Gasteiger partial charge in [0.15, 0.2) is 0 Å². The topological polar surface area (TPSA) is 12.9 Å². The molecular formula is C7H6BrN. The second-order valence-electron chi connectivity index (χ2n) is 1.58. The number of halogens is 1. The molecule has 0 bridgehead atoms. The maximum absolute atomic E-state index is 3.93. The summed E-state index contributed by atoms with van der Waals surface area (Å²) in [6, 6.07) is 3.90. The Bertz CT molecular complexity index is 193. The first-order chi connectivity index (χ1) is 4.43. The van der Waals surface area contributed by atoms with Crippen LogP contribution in [0.1, 0.15) is 5.56 Å². The first kappa shape index (κ1) is 6.49. The van der Waals surface area contributed by atoms with Crippen LogP contribution in [0.4, 0.5) is 0 Å². The summed E-state index contributed by atoms with van der Waals surface area (Å²) in [6.45, 7) is 0. The summed E-state index contributed by atoms with van der Waals surface area (Å²) in [5, 5.41) is 0. The lowest BCUT2D eigenvalue weighted by Gasteiger charge is -1.85. The van der Waals surface area contributed by atoms with Crippen molar-refractivity contribution in [3.8, 4) is 0 Å². The van der Waals surface area contributed by atoms with Gasteiger partial charge in [0.1, 0.15) is 0 Å². The van der Waals surface area contributed by atoms with Crippen LogP contribution in [-0.2, 0) is 0 Å². The number of nitrogens with zero attached hydrogens (tertiary/aromatic N) is 1. The van der Waals surface area contributed by atoms with Gasteiger partial charge < -0.3 is 0 Å². The molecule has 0 spiro atoms. The predicted octanol–water partition coefficient (Wildman–Crippen LogP) is 2.45. The zero-order chi connectivity index (χ0) is 6.53. The van der Waals surface area contributed by atoms with Crippen molar-refractivity contribution >= 4 is 22.0 Å². The minimum atomic E-state index is 1.11. The van der Waals surface area contributed by atoms with E-state index in [4.69, 9.17) is 0 Å². The van der Waals surface area contributed by atoms with Crippen molar-refractivity contribution in [3.05, 3.63) is 35.1 Å². The van der Waals surface area contributed by atoms with Gasteiger partial charge in [-0.25, -0.2) is 0 Å². The Hall–Kier alpha value is -0.630. The molecule has 0 aliphatic rings. The SMILES string of the molecule is Br/C=C/c1cccnc1. The van der Waals surface area contributed by atoms with Crippen molar-refractivity contribution < 1.29 is 0 Å². The van der Waals surface area contributed by atoms with Gasteiger partial charge >= 0.3 is 0 Å². The molecule has 0 atom stereocenters. The monoisotopic (exact) mass is 183 g/mol. The van der Waals surface area contributed by atoms with Gasteiger partial charge in [-0.3, -0.25) is 4.98 Å². The zero-order valence-electron chi connectivity index (χ0n) is 4.79. The molecule has 0 amide bonds. The summed E-state index contributed by atoms with van der Waals surface area (Å²) in [4.78, 5) is 5.74. The average molecular weight is 184 g/mol. The molecule has 1 rings (SSSR count). The maximum atomic E-state index is 3.93. The van der Waals surface area contributed by atoms with E-state index in [1.807, 2.05) is 23.2 Å². The summed E-state index contributed by atoms with van der Waals surface area (Å²) in [6.07, 6.45) is 5.50. The molecule has 0 saturated heterocycles. The van der Waals surface area contributed by atoms with E-state index in [9.17, 15) is 0 Å². The molecule has 46 valence electrons. The summed E-state index contributed by atoms with van der Waals surface area (Å²) < 4.78 is 0. The first-order valence-corrected chi connectivity index (χ1v) is 3.52. The Balaban J connectivity index is 2.85. The molecule has 1 aromatic rings. The second kappa shape index (κ2) is 3.41. The standard InChI is InChI=1S/C7H6BrN/c8-4-3-7-2-1-5-9-6-7/h1-6H/b4-3+. The summed E-state index contributed by atoms with van der Waals surface area (Å²) in [5.74, 6) is 0. The van der Waals surface area contributed by atoms with Crippen LogP contribution in [0.3, 0.4) is 0 Å². The van der Waals surface area contributed by atoms with Crippen molar-refractivity contribution in [1.29, 1.82) is 0 Å². The summed E-state index contributed by atoms with van der Waals surface area (Å²) in [5.41, 5.74) is 1.11. The van der Waals surface area contributed by atoms with Crippen LogP contribution in [0.2, 0.25) is 0 Å². The van der Waals surface area contributed by atoms with E-state index in [-0.39, 0.29) is 0 Å². The Labute approximate surface area is 62.6 Å². The molecule has 0 aliphatic heterocycles. The van der Waals surface area contributed by atoms with Gasteiger partial charge in [-0.05, 0) is 22.7 Å². The molecule has 0 fully saturated rings. The normalized spacial score (nSPS) is 10.3. The van der Waals surface area contributed by atoms with E-state index in [1.165, 1.54) is 0 Å². The van der Waals surface area contributed by atoms with Crippen molar-refractivity contribution in [2.24, 2.45) is 0 Å². The highest BCUT2D eigenvalue weighted by molar-refractivity contribution is 9.11. The Morgan fingerprint density at radius 3 is 3.00 bits per heavy atom. The third kappa shape index (κ3) is 1.98. The molecule has 1 heterocycles. The lowest BCUT2D eigenvalue weighted by atomic mass is 10.3. The van der Waals surface area contributed by atoms with Gasteiger partial charge in [0.2, 0.25) is 0 Å². The van der Waals surface area contributed by atoms with Crippen molar-refractivity contribution in [2.45, 2.75) is 0 Å². The third-order valence-electron chi connectivity index (χ3n) is 0.940. The van der Waals surface area contributed by atoms with Gasteiger partial charge in [-0.1, -0.05) is 22.0 Å². The molecule has 0 aromatic carbocycles. The van der Waals surface area contributed by atoms with Crippen LogP contribution < -0.4 is 0 Å². The van der Waals surface area contributed by atoms with E-state index in [1.54, 1.807) is 12.4 Å². The Morgan fingerprint density at radius 2 is 2.44 bits per heavy atom. The number of hydrogen-bond acceptors (Lipinski definition) is 1. The van der Waals surface area contributed by atoms with Gasteiger partial charge in [0.05, 0.1) is 0 Å². The minimum absolute atomic E-state index is 1.11. The van der Waals surface area contributed by atoms with E-state index in [2.05, 4.69) is 20.9 Å². The van der Waals surface area contributed by atoms with Crippen LogP contribution in [0, 0.1) is 0 Å². The summed E-state index contributed by atoms with van der Waals surface area (Å²) >= 11 is 3.18. The number of hydrogen-bond donors (Lipinski definition) is 0. The molecule has 0 N–H and O–H groups in total. The van der Waals surface area contributed by atoms with Gasteiger partial charge in [0.25, 0.3) is 0 Å². The highest BCUT2D eigenvalue weighted by atomic mass is 79.9. The second-order valence-corrected chi connectivity index (χ2v) is 2.11. The molecule has 0 radical (unpaired) electrons. The molecule has 9 heavy (non-hydrogen) atoms. The lowest BCUT2D eigenvalue weighted by Crippen LogP contribution is -1.70. The van der Waals surface area contributed by atoms with E-state index >= 15 is 0 Å². The predicted molar refractivity (Wildman–Crippen MR) is 42.2 cm³/mol. The molecule has 0 saturated carbocycles. The average Bonchev–Trinajstić information content (AvgIpc) is 1.91. The van der Waals surface area contributed by atoms with Crippen molar-refractivity contribution in [2.75, 3.05) is 0 Å². The quantitative estimate of drug-likeness (QED) is 0.653. The highest BCUT2D eigenvalue weighted by Crippen LogP contribution is 1.99. The van der Waals surface area contributed by atoms with Crippen LogP contribution in [0.15, 0.2) is 29.5 Å². The van der Waals surface area contributed by atoms with Gasteiger partial charge in [-0.15, -0.1) is 0 Å². The molecule has 0 aliphatic carbocycles. The van der Waals surface area contributed by atoms with Crippen molar-refractivity contribution in [3.63, 3.8) is 0 Å². The fraction of sp³-hybridized carbons (Fsp3) is 0. The van der Waals surface area contributed by atoms with Gasteiger partial charge in [0, 0.05) is 12.4 Å². The van der Waals surface area contributed by atoms with Crippen LogP contribution in [-0.4, -0.2) is 4.98 Å². The Kier molecular flexibility index (Phi) is 2.46. The number of pyridine rings is 1. The van der Waals surface area contributed by atoms with Crippen LogP contribution in [0.5, 0.6) is 0 Å². The maximum Gasteiger partial charge on any atom is 0.0340 e. The minimum Gasteiger partial charge on any atom is -0.264 e. The fourth-order valence-corrected chi connectivity index (χ4v) is 0.853. The third-order valence-corrected chi connectivity index (χ3v) is 1.20. The van der Waals surface area contributed by atoms with E-state index in [0.29, 0.717) is 0 Å². The summed E-state index contributed by atoms with van der Waals surface area (Å²) in [7, 11) is 0. The molecule has 0 unspecified atom stereocenters. The highest BCUT2D eigenvalue weighted by Gasteiger charge is 1.79.